The number of aryl methyl sites for hydroxylation is 2. The molecule has 1 unspecified atom stereocenters. The number of amides is 1. The maximum atomic E-state index is 13.7. The van der Waals surface area contributed by atoms with Gasteiger partial charge in [0.25, 0.3) is 5.91 Å². The Bertz CT molecular complexity index is 1150. The average molecular weight is 436 g/mol. The van der Waals surface area contributed by atoms with Gasteiger partial charge in [-0.15, -0.1) is 10.2 Å². The topological polar surface area (TPSA) is 94.9 Å². The predicted octanol–water partition coefficient (Wildman–Crippen LogP) is 3.26. The van der Waals surface area contributed by atoms with Crippen LogP contribution in [0.2, 0.25) is 0 Å². The van der Waals surface area contributed by atoms with Crippen LogP contribution in [0.3, 0.4) is 0 Å². The maximum Gasteiger partial charge on any atom is 0.276 e. The molecule has 6 rings (SSSR count). The van der Waals surface area contributed by atoms with Crippen LogP contribution in [0.1, 0.15) is 83.7 Å². The Morgan fingerprint density at radius 1 is 1.25 bits per heavy atom. The van der Waals surface area contributed by atoms with Crippen molar-refractivity contribution < 1.29 is 9.32 Å². The highest BCUT2D eigenvalue weighted by molar-refractivity contribution is 5.94. The summed E-state index contributed by atoms with van der Waals surface area (Å²) in [5.74, 6) is 1.91. The third-order valence-electron chi connectivity index (χ3n) is 7.66. The first-order valence-electron chi connectivity index (χ1n) is 11.7. The van der Waals surface area contributed by atoms with E-state index < -0.39 is 0 Å². The fourth-order valence-corrected chi connectivity index (χ4v) is 5.81. The van der Waals surface area contributed by atoms with Crippen LogP contribution in [-0.4, -0.2) is 53.6 Å². The molecule has 9 heteroatoms. The summed E-state index contributed by atoms with van der Waals surface area (Å²) in [6, 6.07) is 0.533. The van der Waals surface area contributed by atoms with E-state index in [0.717, 1.165) is 36.3 Å². The number of carbonyl (C=O) groups is 1. The number of likely N-dealkylation sites (tertiary alicyclic amines) is 1. The SMILES string of the molecule is Cc1cnn(Cc2c(C(=O)N3CC(c4nncn4C4CC4)C4(CCCC4)C3)noc2C)c1. The molecule has 168 valence electrons. The summed E-state index contributed by atoms with van der Waals surface area (Å²) in [6.07, 6.45) is 12.7. The van der Waals surface area contributed by atoms with Gasteiger partial charge in [0.15, 0.2) is 5.69 Å². The van der Waals surface area contributed by atoms with Crippen LogP contribution in [0.25, 0.3) is 0 Å². The third kappa shape index (κ3) is 3.17. The molecule has 4 heterocycles. The number of aromatic nitrogens is 6. The van der Waals surface area contributed by atoms with Crippen molar-refractivity contribution in [3.05, 3.63) is 47.1 Å². The molecule has 3 aliphatic rings. The lowest BCUT2D eigenvalue weighted by Gasteiger charge is -2.29. The van der Waals surface area contributed by atoms with Gasteiger partial charge < -0.3 is 14.0 Å². The molecule has 3 fully saturated rings. The van der Waals surface area contributed by atoms with Crippen molar-refractivity contribution in [2.75, 3.05) is 13.1 Å². The molecule has 0 bridgehead atoms. The van der Waals surface area contributed by atoms with Gasteiger partial charge in [0, 0.05) is 36.8 Å². The Hall–Kier alpha value is -2.97. The molecule has 2 saturated carbocycles. The number of hydrogen-bond acceptors (Lipinski definition) is 6. The molecule has 0 N–H and O–H groups in total. The van der Waals surface area contributed by atoms with Crippen LogP contribution < -0.4 is 0 Å². The maximum absolute atomic E-state index is 13.7. The molecule has 1 atom stereocenters. The van der Waals surface area contributed by atoms with Gasteiger partial charge in [-0.25, -0.2) is 0 Å². The molecule has 3 aromatic heterocycles. The minimum Gasteiger partial charge on any atom is -0.361 e. The number of carbonyl (C=O) groups excluding carboxylic acids is 1. The number of rotatable bonds is 5. The Morgan fingerprint density at radius 3 is 2.78 bits per heavy atom. The average Bonchev–Trinajstić information content (AvgIpc) is 3.26. The van der Waals surface area contributed by atoms with E-state index in [1.807, 2.05) is 42.2 Å². The van der Waals surface area contributed by atoms with E-state index in [9.17, 15) is 4.79 Å². The predicted molar refractivity (Wildman–Crippen MR) is 115 cm³/mol. The van der Waals surface area contributed by atoms with E-state index in [2.05, 4.69) is 25.0 Å². The summed E-state index contributed by atoms with van der Waals surface area (Å²) in [4.78, 5) is 15.7. The first-order valence-corrected chi connectivity index (χ1v) is 11.7. The van der Waals surface area contributed by atoms with E-state index in [1.165, 1.54) is 25.7 Å². The monoisotopic (exact) mass is 435 g/mol. The molecular formula is C23H29N7O2. The van der Waals surface area contributed by atoms with E-state index in [-0.39, 0.29) is 17.2 Å². The lowest BCUT2D eigenvalue weighted by atomic mass is 9.76. The largest absolute Gasteiger partial charge is 0.361 e. The van der Waals surface area contributed by atoms with Gasteiger partial charge in [-0.3, -0.25) is 9.48 Å². The summed E-state index contributed by atoms with van der Waals surface area (Å²) >= 11 is 0. The molecule has 1 spiro atoms. The standard InChI is InChI=1S/C23H29N7O2/c1-15-9-25-29(10-15)11-18-16(2)32-27-20(18)22(31)28-12-19(23(13-28)7-3-4-8-23)21-26-24-14-30(21)17-5-6-17/h9-10,14,17,19H,3-8,11-13H2,1-2H3. The van der Waals surface area contributed by atoms with E-state index >= 15 is 0 Å². The van der Waals surface area contributed by atoms with Crippen molar-refractivity contribution in [1.82, 2.24) is 34.6 Å². The van der Waals surface area contributed by atoms with Gasteiger partial charge in [-0.05, 0) is 50.5 Å². The highest BCUT2D eigenvalue weighted by Crippen LogP contribution is 2.54. The normalized spacial score (nSPS) is 22.3. The number of hydrogen-bond donors (Lipinski definition) is 0. The van der Waals surface area contributed by atoms with Crippen molar-refractivity contribution >= 4 is 5.91 Å². The fourth-order valence-electron chi connectivity index (χ4n) is 5.81. The van der Waals surface area contributed by atoms with Crippen LogP contribution in [-0.2, 0) is 6.54 Å². The zero-order chi connectivity index (χ0) is 21.9. The summed E-state index contributed by atoms with van der Waals surface area (Å²) in [6.45, 7) is 5.75. The summed E-state index contributed by atoms with van der Waals surface area (Å²) in [7, 11) is 0. The van der Waals surface area contributed by atoms with Gasteiger partial charge in [0.2, 0.25) is 0 Å². The summed E-state index contributed by atoms with van der Waals surface area (Å²) < 4.78 is 9.56. The Balaban J connectivity index is 1.30. The van der Waals surface area contributed by atoms with Crippen molar-refractivity contribution in [1.29, 1.82) is 0 Å². The fraction of sp³-hybridized carbons (Fsp3) is 0.609. The highest BCUT2D eigenvalue weighted by Gasteiger charge is 2.52. The molecule has 0 radical (unpaired) electrons. The first kappa shape index (κ1) is 19.7. The minimum absolute atomic E-state index is 0.0491. The van der Waals surface area contributed by atoms with E-state index in [0.29, 0.717) is 30.6 Å². The summed E-state index contributed by atoms with van der Waals surface area (Å²) in [5.41, 5.74) is 2.39. The van der Waals surface area contributed by atoms with Crippen LogP contribution in [0.4, 0.5) is 0 Å². The van der Waals surface area contributed by atoms with Crippen molar-refractivity contribution in [3.63, 3.8) is 0 Å². The van der Waals surface area contributed by atoms with Crippen LogP contribution in [0.15, 0.2) is 23.2 Å². The molecule has 2 aliphatic carbocycles. The molecule has 32 heavy (non-hydrogen) atoms. The van der Waals surface area contributed by atoms with Gasteiger partial charge in [-0.1, -0.05) is 18.0 Å². The third-order valence-corrected chi connectivity index (χ3v) is 7.66. The Morgan fingerprint density at radius 2 is 2.06 bits per heavy atom. The molecule has 3 aromatic rings. The highest BCUT2D eigenvalue weighted by atomic mass is 16.5. The van der Waals surface area contributed by atoms with Crippen LogP contribution >= 0.6 is 0 Å². The lowest BCUT2D eigenvalue weighted by Crippen LogP contribution is -2.32. The van der Waals surface area contributed by atoms with E-state index in [4.69, 9.17) is 4.52 Å². The second-order valence-electron chi connectivity index (χ2n) is 9.92. The van der Waals surface area contributed by atoms with Crippen LogP contribution in [0, 0.1) is 19.3 Å². The molecule has 1 saturated heterocycles. The molecular weight excluding hydrogens is 406 g/mol. The number of nitrogens with zero attached hydrogens (tertiary/aromatic N) is 7. The quantitative estimate of drug-likeness (QED) is 0.610. The zero-order valence-electron chi connectivity index (χ0n) is 18.7. The Kier molecular flexibility index (Phi) is 4.48. The summed E-state index contributed by atoms with van der Waals surface area (Å²) in [5, 5.41) is 17.4. The zero-order valence-corrected chi connectivity index (χ0v) is 18.7. The second-order valence-corrected chi connectivity index (χ2v) is 9.92. The van der Waals surface area contributed by atoms with E-state index in [1.54, 1.807) is 0 Å². The van der Waals surface area contributed by atoms with Crippen molar-refractivity contribution in [3.8, 4) is 0 Å². The smallest absolute Gasteiger partial charge is 0.276 e. The molecule has 1 aliphatic heterocycles. The van der Waals surface area contributed by atoms with Crippen molar-refractivity contribution in [2.45, 2.75) is 70.9 Å². The molecule has 9 nitrogen and oxygen atoms in total. The van der Waals surface area contributed by atoms with Gasteiger partial charge in [0.05, 0.1) is 12.7 Å². The van der Waals surface area contributed by atoms with Crippen molar-refractivity contribution in [2.24, 2.45) is 5.41 Å². The second kappa shape index (κ2) is 7.28. The Labute approximate surface area is 186 Å². The lowest BCUT2D eigenvalue weighted by molar-refractivity contribution is 0.0761. The van der Waals surface area contributed by atoms with Gasteiger partial charge in [0.1, 0.15) is 17.9 Å². The van der Waals surface area contributed by atoms with Crippen LogP contribution in [0.5, 0.6) is 0 Å². The van der Waals surface area contributed by atoms with Gasteiger partial charge in [-0.2, -0.15) is 5.10 Å². The molecule has 0 aromatic carbocycles. The molecule has 1 amide bonds. The first-order chi connectivity index (χ1) is 15.5. The van der Waals surface area contributed by atoms with Gasteiger partial charge >= 0.3 is 0 Å². The minimum atomic E-state index is -0.0491.